The Bertz CT molecular complexity index is 683. The molecule has 0 aliphatic carbocycles. The van der Waals surface area contributed by atoms with Crippen molar-refractivity contribution in [3.05, 3.63) is 29.8 Å². The monoisotopic (exact) mass is 349 g/mol. The maximum absolute atomic E-state index is 11.9. The van der Waals surface area contributed by atoms with Gasteiger partial charge in [0, 0.05) is 27.2 Å². The summed E-state index contributed by atoms with van der Waals surface area (Å²) in [7, 11) is -4.26. The highest BCUT2D eigenvalue weighted by molar-refractivity contribution is 7.92. The second-order valence-corrected chi connectivity index (χ2v) is 8.91. The van der Waals surface area contributed by atoms with Crippen molar-refractivity contribution in [1.82, 2.24) is 9.03 Å². The Morgan fingerprint density at radius 1 is 1.05 bits per heavy atom. The van der Waals surface area contributed by atoms with Crippen molar-refractivity contribution in [3.8, 4) is 0 Å². The van der Waals surface area contributed by atoms with E-state index in [1.54, 1.807) is 12.1 Å². The molecule has 0 atom stereocenters. The zero-order chi connectivity index (χ0) is 17.0. The number of nitrogens with zero attached hydrogens (tertiary/aromatic N) is 2. The fourth-order valence-electron chi connectivity index (χ4n) is 1.79. The van der Waals surface area contributed by atoms with Crippen LogP contribution < -0.4 is 9.03 Å². The lowest BCUT2D eigenvalue weighted by atomic mass is 10.1. The summed E-state index contributed by atoms with van der Waals surface area (Å²) in [5.74, 6) is 0. The number of nitrogens with one attached hydrogen (secondary N) is 1. The molecule has 1 aromatic carbocycles. The molecule has 0 aliphatic rings. The molecule has 0 radical (unpaired) electrons. The van der Waals surface area contributed by atoms with E-state index in [1.165, 1.54) is 18.4 Å². The van der Waals surface area contributed by atoms with Crippen molar-refractivity contribution >= 4 is 25.9 Å². The summed E-state index contributed by atoms with van der Waals surface area (Å²) in [5.41, 5.74) is 1.62. The molecular weight excluding hydrogens is 326 g/mol. The van der Waals surface area contributed by atoms with Crippen molar-refractivity contribution in [2.45, 2.75) is 13.3 Å². The van der Waals surface area contributed by atoms with Crippen LogP contribution in [0.15, 0.2) is 24.3 Å². The number of anilines is 1. The first-order chi connectivity index (χ1) is 10.1. The fraction of sp³-hybridized carbons (Fsp3) is 0.538. The van der Waals surface area contributed by atoms with Crippen LogP contribution in [0.25, 0.3) is 0 Å². The van der Waals surface area contributed by atoms with Crippen LogP contribution >= 0.6 is 0 Å². The molecule has 0 amide bonds. The van der Waals surface area contributed by atoms with E-state index in [1.807, 2.05) is 19.1 Å². The van der Waals surface area contributed by atoms with E-state index in [0.717, 1.165) is 22.5 Å². The van der Waals surface area contributed by atoms with Crippen LogP contribution in [-0.4, -0.2) is 54.6 Å². The Kier molecular flexibility index (Phi) is 6.36. The first-order valence-corrected chi connectivity index (χ1v) is 10.1. The van der Waals surface area contributed by atoms with Gasteiger partial charge in [-0.3, -0.25) is 4.31 Å². The van der Waals surface area contributed by atoms with Crippen LogP contribution in [-0.2, 0) is 26.7 Å². The van der Waals surface area contributed by atoms with Gasteiger partial charge in [0.25, 0.3) is 10.2 Å². The molecule has 0 fully saturated rings. The topological polar surface area (TPSA) is 86.8 Å². The standard InChI is InChI=1S/C13H23N3O4S2/c1-5-12-6-8-13(9-7-12)16(21(4,17)18)11-10-14-22(19,20)15(2)3/h6-9,14H,5,10-11H2,1-4H3. The molecular formula is C13H23N3O4S2. The van der Waals surface area contributed by atoms with Crippen molar-refractivity contribution in [2.75, 3.05) is 37.7 Å². The molecule has 22 heavy (non-hydrogen) atoms. The highest BCUT2D eigenvalue weighted by Gasteiger charge is 2.19. The molecule has 126 valence electrons. The van der Waals surface area contributed by atoms with Crippen molar-refractivity contribution in [2.24, 2.45) is 0 Å². The average Bonchev–Trinajstić information content (AvgIpc) is 2.42. The van der Waals surface area contributed by atoms with E-state index >= 15 is 0 Å². The predicted octanol–water partition coefficient (Wildman–Crippen LogP) is 0.411. The summed E-state index contributed by atoms with van der Waals surface area (Å²) in [5, 5.41) is 0. The maximum Gasteiger partial charge on any atom is 0.278 e. The first-order valence-electron chi connectivity index (χ1n) is 6.81. The third-order valence-corrected chi connectivity index (χ3v) is 5.84. The van der Waals surface area contributed by atoms with Gasteiger partial charge in [-0.2, -0.15) is 12.7 Å². The Labute approximate surface area is 133 Å². The Morgan fingerprint density at radius 3 is 2.00 bits per heavy atom. The van der Waals surface area contributed by atoms with Crippen LogP contribution in [0.3, 0.4) is 0 Å². The van der Waals surface area contributed by atoms with Crippen LogP contribution in [0.5, 0.6) is 0 Å². The van der Waals surface area contributed by atoms with Gasteiger partial charge in [0.1, 0.15) is 0 Å². The van der Waals surface area contributed by atoms with Gasteiger partial charge in [0.05, 0.1) is 11.9 Å². The predicted molar refractivity (Wildman–Crippen MR) is 88.6 cm³/mol. The lowest BCUT2D eigenvalue weighted by Gasteiger charge is -2.23. The Balaban J connectivity index is 2.87. The van der Waals surface area contributed by atoms with Crippen LogP contribution in [0.4, 0.5) is 5.69 Å². The number of sulfonamides is 1. The summed E-state index contributed by atoms with van der Waals surface area (Å²) >= 11 is 0. The molecule has 0 spiro atoms. The minimum atomic E-state index is -3.57. The van der Waals surface area contributed by atoms with Gasteiger partial charge < -0.3 is 0 Å². The number of hydrogen-bond donors (Lipinski definition) is 1. The number of aryl methyl sites for hydroxylation is 1. The van der Waals surface area contributed by atoms with Crippen molar-refractivity contribution in [1.29, 1.82) is 0 Å². The molecule has 0 unspecified atom stereocenters. The van der Waals surface area contributed by atoms with Crippen molar-refractivity contribution < 1.29 is 16.8 Å². The van der Waals surface area contributed by atoms with E-state index in [0.29, 0.717) is 5.69 Å². The number of benzene rings is 1. The molecule has 0 heterocycles. The molecule has 0 bridgehead atoms. The summed E-state index contributed by atoms with van der Waals surface area (Å²) in [6, 6.07) is 7.16. The van der Waals surface area contributed by atoms with Gasteiger partial charge in [-0.15, -0.1) is 0 Å². The van der Waals surface area contributed by atoms with Gasteiger partial charge in [-0.25, -0.2) is 13.1 Å². The summed E-state index contributed by atoms with van der Waals surface area (Å²) in [6.45, 7) is 2.03. The SMILES string of the molecule is CCc1ccc(N(CCNS(=O)(=O)N(C)C)S(C)(=O)=O)cc1. The molecule has 7 nitrogen and oxygen atoms in total. The molecule has 9 heteroatoms. The van der Waals surface area contributed by atoms with Crippen LogP contribution in [0.1, 0.15) is 12.5 Å². The third-order valence-electron chi connectivity index (χ3n) is 3.11. The quantitative estimate of drug-likeness (QED) is 0.736. The molecule has 0 saturated heterocycles. The molecule has 1 rings (SSSR count). The molecule has 0 saturated carbocycles. The zero-order valence-corrected chi connectivity index (χ0v) is 14.9. The maximum atomic E-state index is 11.9. The van der Waals surface area contributed by atoms with Gasteiger partial charge in [-0.05, 0) is 24.1 Å². The van der Waals surface area contributed by atoms with Gasteiger partial charge >= 0.3 is 0 Å². The van der Waals surface area contributed by atoms with Crippen molar-refractivity contribution in [3.63, 3.8) is 0 Å². The minimum Gasteiger partial charge on any atom is -0.269 e. The van der Waals surface area contributed by atoms with E-state index in [-0.39, 0.29) is 13.1 Å². The fourth-order valence-corrected chi connectivity index (χ4v) is 3.32. The average molecular weight is 349 g/mol. The van der Waals surface area contributed by atoms with Gasteiger partial charge in [0.15, 0.2) is 0 Å². The van der Waals surface area contributed by atoms with E-state index < -0.39 is 20.2 Å². The summed E-state index contributed by atoms with van der Waals surface area (Å²) in [4.78, 5) is 0. The molecule has 1 aromatic rings. The lowest BCUT2D eigenvalue weighted by Crippen LogP contribution is -2.42. The van der Waals surface area contributed by atoms with Gasteiger partial charge in [0.2, 0.25) is 10.0 Å². The third kappa shape index (κ3) is 5.24. The number of rotatable bonds is 8. The molecule has 0 aromatic heterocycles. The Morgan fingerprint density at radius 2 is 1.59 bits per heavy atom. The van der Waals surface area contributed by atoms with Gasteiger partial charge in [-0.1, -0.05) is 19.1 Å². The second kappa shape index (κ2) is 7.40. The van der Waals surface area contributed by atoms with E-state index in [9.17, 15) is 16.8 Å². The molecule has 0 aliphatic heterocycles. The normalized spacial score (nSPS) is 12.6. The second-order valence-electron chi connectivity index (χ2n) is 5.04. The number of hydrogen-bond acceptors (Lipinski definition) is 4. The highest BCUT2D eigenvalue weighted by Crippen LogP contribution is 2.18. The Hall–Kier alpha value is -1.16. The summed E-state index contributed by atoms with van der Waals surface area (Å²) in [6.07, 6.45) is 1.96. The smallest absolute Gasteiger partial charge is 0.269 e. The molecule has 1 N–H and O–H groups in total. The van der Waals surface area contributed by atoms with Crippen LogP contribution in [0.2, 0.25) is 0 Å². The zero-order valence-electron chi connectivity index (χ0n) is 13.3. The first kappa shape index (κ1) is 18.9. The lowest BCUT2D eigenvalue weighted by molar-refractivity contribution is 0.506. The largest absolute Gasteiger partial charge is 0.278 e. The van der Waals surface area contributed by atoms with Crippen LogP contribution in [0, 0.1) is 0 Å². The summed E-state index contributed by atoms with van der Waals surface area (Å²) < 4.78 is 51.7. The highest BCUT2D eigenvalue weighted by atomic mass is 32.2. The van der Waals surface area contributed by atoms with E-state index in [2.05, 4.69) is 4.72 Å². The minimum absolute atomic E-state index is 0.0108. The van der Waals surface area contributed by atoms with E-state index in [4.69, 9.17) is 0 Å².